The van der Waals surface area contributed by atoms with Crippen molar-refractivity contribution in [1.82, 2.24) is 9.88 Å². The maximum absolute atomic E-state index is 12.9. The first-order valence-corrected chi connectivity index (χ1v) is 10.1. The number of hydrogen-bond donors (Lipinski definition) is 0. The maximum Gasteiger partial charge on any atom is 0.225 e. The molecule has 0 saturated carbocycles. The van der Waals surface area contributed by atoms with Gasteiger partial charge in [0.05, 0.1) is 5.52 Å². The maximum atomic E-state index is 12.9. The Hall–Kier alpha value is -2.10. The Bertz CT molecular complexity index is 772. The van der Waals surface area contributed by atoms with Gasteiger partial charge in [-0.15, -0.1) is 0 Å². The van der Waals surface area contributed by atoms with Crippen molar-refractivity contribution in [3.05, 3.63) is 36.0 Å². The van der Waals surface area contributed by atoms with E-state index in [-0.39, 0.29) is 5.92 Å². The van der Waals surface area contributed by atoms with Gasteiger partial charge in [0.1, 0.15) is 0 Å². The summed E-state index contributed by atoms with van der Waals surface area (Å²) in [5, 5.41) is 1.23. The first-order valence-electron chi connectivity index (χ1n) is 10.1. The van der Waals surface area contributed by atoms with Crippen molar-refractivity contribution in [3.63, 3.8) is 0 Å². The lowest BCUT2D eigenvalue weighted by Crippen LogP contribution is -2.43. The molecule has 1 aromatic heterocycles. The highest BCUT2D eigenvalue weighted by atomic mass is 16.2. The summed E-state index contributed by atoms with van der Waals surface area (Å²) in [6.45, 7) is 5.97. The van der Waals surface area contributed by atoms with E-state index in [9.17, 15) is 4.79 Å². The minimum atomic E-state index is 0.208. The van der Waals surface area contributed by atoms with Crippen LogP contribution in [-0.2, 0) is 4.79 Å². The number of benzene rings is 1. The third-order valence-corrected chi connectivity index (χ3v) is 5.98. The van der Waals surface area contributed by atoms with E-state index in [1.807, 2.05) is 6.20 Å². The summed E-state index contributed by atoms with van der Waals surface area (Å²) >= 11 is 0. The molecule has 2 aliphatic heterocycles. The molecule has 0 atom stereocenters. The molecule has 1 aromatic carbocycles. The van der Waals surface area contributed by atoms with E-state index in [4.69, 9.17) is 0 Å². The van der Waals surface area contributed by atoms with E-state index >= 15 is 0 Å². The number of amides is 1. The number of pyridine rings is 1. The SMILES string of the molecule is Cc1ccc2nccc(N3CCC(C(=O)N4CCCCCC4)CC3)c2c1. The Morgan fingerprint density at radius 2 is 1.73 bits per heavy atom. The number of nitrogens with zero attached hydrogens (tertiary/aromatic N) is 3. The average Bonchev–Trinajstić information content (AvgIpc) is 2.96. The Morgan fingerprint density at radius 1 is 1.00 bits per heavy atom. The number of carbonyl (C=O) groups excluding carboxylic acids is 1. The summed E-state index contributed by atoms with van der Waals surface area (Å²) in [5.41, 5.74) is 3.58. The number of carbonyl (C=O) groups is 1. The summed E-state index contributed by atoms with van der Waals surface area (Å²) in [4.78, 5) is 22.0. The molecule has 2 fully saturated rings. The van der Waals surface area contributed by atoms with Crippen molar-refractivity contribution in [2.45, 2.75) is 45.4 Å². The Labute approximate surface area is 156 Å². The molecule has 2 aliphatic rings. The highest BCUT2D eigenvalue weighted by Gasteiger charge is 2.29. The van der Waals surface area contributed by atoms with Crippen LogP contribution in [0, 0.1) is 12.8 Å². The molecule has 26 heavy (non-hydrogen) atoms. The fourth-order valence-corrected chi connectivity index (χ4v) is 4.44. The summed E-state index contributed by atoms with van der Waals surface area (Å²) in [7, 11) is 0. The topological polar surface area (TPSA) is 36.4 Å². The smallest absolute Gasteiger partial charge is 0.225 e. The van der Waals surface area contributed by atoms with Crippen molar-refractivity contribution in [3.8, 4) is 0 Å². The number of likely N-dealkylation sites (tertiary alicyclic amines) is 1. The molecule has 0 bridgehead atoms. The standard InChI is InChI=1S/C22H29N3O/c1-17-6-7-20-19(16-17)21(8-11-23-20)24-14-9-18(10-15-24)22(26)25-12-4-2-3-5-13-25/h6-8,11,16,18H,2-5,9-10,12-15H2,1H3. The molecular formula is C22H29N3O. The molecule has 4 rings (SSSR count). The molecule has 2 aromatic rings. The number of rotatable bonds is 2. The molecule has 0 N–H and O–H groups in total. The van der Waals surface area contributed by atoms with Crippen LogP contribution in [0.1, 0.15) is 44.1 Å². The van der Waals surface area contributed by atoms with Crippen LogP contribution in [0.3, 0.4) is 0 Å². The van der Waals surface area contributed by atoms with E-state index in [1.165, 1.54) is 42.3 Å². The first kappa shape index (κ1) is 17.3. The summed E-state index contributed by atoms with van der Waals surface area (Å²) in [6.07, 6.45) is 8.73. The van der Waals surface area contributed by atoms with E-state index < -0.39 is 0 Å². The molecule has 0 radical (unpaired) electrons. The van der Waals surface area contributed by atoms with E-state index in [2.05, 4.69) is 46.0 Å². The van der Waals surface area contributed by atoms with E-state index in [1.54, 1.807) is 0 Å². The van der Waals surface area contributed by atoms with Gasteiger partial charge in [-0.2, -0.15) is 0 Å². The van der Waals surface area contributed by atoms with Gasteiger partial charge in [-0.05, 0) is 50.8 Å². The first-order chi connectivity index (χ1) is 12.7. The zero-order chi connectivity index (χ0) is 17.9. The lowest BCUT2D eigenvalue weighted by atomic mass is 9.94. The summed E-state index contributed by atoms with van der Waals surface area (Å²) in [5.74, 6) is 0.612. The minimum absolute atomic E-state index is 0.208. The van der Waals surface area contributed by atoms with Crippen molar-refractivity contribution < 1.29 is 4.79 Å². The van der Waals surface area contributed by atoms with Crippen molar-refractivity contribution in [2.24, 2.45) is 5.92 Å². The number of anilines is 1. The van der Waals surface area contributed by atoms with E-state index in [0.29, 0.717) is 5.91 Å². The van der Waals surface area contributed by atoms with E-state index in [0.717, 1.165) is 44.5 Å². The van der Waals surface area contributed by atoms with Crippen LogP contribution in [0.25, 0.3) is 10.9 Å². The third-order valence-electron chi connectivity index (χ3n) is 5.98. The van der Waals surface area contributed by atoms with Crippen LogP contribution in [0.5, 0.6) is 0 Å². The zero-order valence-corrected chi connectivity index (χ0v) is 15.8. The molecule has 1 amide bonds. The quantitative estimate of drug-likeness (QED) is 0.815. The van der Waals surface area contributed by atoms with Crippen molar-refractivity contribution in [2.75, 3.05) is 31.1 Å². The highest BCUT2D eigenvalue weighted by molar-refractivity contribution is 5.92. The highest BCUT2D eigenvalue weighted by Crippen LogP contribution is 2.30. The molecule has 4 nitrogen and oxygen atoms in total. The van der Waals surface area contributed by atoms with Gasteiger partial charge in [-0.3, -0.25) is 9.78 Å². The molecule has 0 aliphatic carbocycles. The molecule has 3 heterocycles. The normalized spacial score (nSPS) is 19.6. The van der Waals surface area contributed by atoms with Crippen molar-refractivity contribution in [1.29, 1.82) is 0 Å². The Kier molecular flexibility index (Phi) is 5.09. The number of aryl methyl sites for hydroxylation is 1. The number of piperidine rings is 1. The second kappa shape index (κ2) is 7.65. The van der Waals surface area contributed by atoms with Gasteiger partial charge in [-0.1, -0.05) is 24.5 Å². The van der Waals surface area contributed by atoms with Gasteiger partial charge in [0.2, 0.25) is 5.91 Å². The monoisotopic (exact) mass is 351 g/mol. The molecule has 138 valence electrons. The van der Waals surface area contributed by atoms with Crippen LogP contribution in [-0.4, -0.2) is 42.0 Å². The zero-order valence-electron chi connectivity index (χ0n) is 15.8. The van der Waals surface area contributed by atoms with Gasteiger partial charge in [0, 0.05) is 49.4 Å². The molecule has 0 spiro atoms. The summed E-state index contributed by atoms with van der Waals surface area (Å²) < 4.78 is 0. The van der Waals surface area contributed by atoms with Crippen LogP contribution < -0.4 is 4.90 Å². The van der Waals surface area contributed by atoms with Gasteiger partial charge in [0.25, 0.3) is 0 Å². The van der Waals surface area contributed by atoms with Crippen LogP contribution in [0.4, 0.5) is 5.69 Å². The lowest BCUT2D eigenvalue weighted by molar-refractivity contribution is -0.136. The third kappa shape index (κ3) is 3.55. The van der Waals surface area contributed by atoms with Gasteiger partial charge in [-0.25, -0.2) is 0 Å². The molecule has 2 saturated heterocycles. The predicted molar refractivity (Wildman–Crippen MR) is 106 cm³/mol. The average molecular weight is 351 g/mol. The fraction of sp³-hybridized carbons (Fsp3) is 0.545. The fourth-order valence-electron chi connectivity index (χ4n) is 4.44. The predicted octanol–water partition coefficient (Wildman–Crippen LogP) is 4.16. The van der Waals surface area contributed by atoms with Gasteiger partial charge < -0.3 is 9.80 Å². The second-order valence-corrected chi connectivity index (χ2v) is 7.85. The molecular weight excluding hydrogens is 322 g/mol. The van der Waals surface area contributed by atoms with Gasteiger partial charge >= 0.3 is 0 Å². The van der Waals surface area contributed by atoms with Crippen molar-refractivity contribution >= 4 is 22.5 Å². The Morgan fingerprint density at radius 3 is 2.46 bits per heavy atom. The summed E-state index contributed by atoms with van der Waals surface area (Å²) in [6, 6.07) is 8.57. The largest absolute Gasteiger partial charge is 0.371 e. The van der Waals surface area contributed by atoms with Crippen LogP contribution in [0.15, 0.2) is 30.5 Å². The minimum Gasteiger partial charge on any atom is -0.371 e. The lowest BCUT2D eigenvalue weighted by Gasteiger charge is -2.35. The van der Waals surface area contributed by atoms with Crippen LogP contribution >= 0.6 is 0 Å². The number of fused-ring (bicyclic) bond motifs is 1. The Balaban J connectivity index is 1.45. The molecule has 4 heteroatoms. The second-order valence-electron chi connectivity index (χ2n) is 7.85. The number of hydrogen-bond acceptors (Lipinski definition) is 3. The van der Waals surface area contributed by atoms with Crippen LogP contribution in [0.2, 0.25) is 0 Å². The van der Waals surface area contributed by atoms with Gasteiger partial charge in [0.15, 0.2) is 0 Å². The number of aromatic nitrogens is 1. The molecule has 0 unspecified atom stereocenters.